The lowest BCUT2D eigenvalue weighted by Gasteiger charge is -2.36. The zero-order valence-electron chi connectivity index (χ0n) is 13.1. The summed E-state index contributed by atoms with van der Waals surface area (Å²) in [7, 11) is 1.68. The number of methoxy groups -OCH3 is 1. The van der Waals surface area contributed by atoms with E-state index in [1.54, 1.807) is 13.2 Å². The fourth-order valence-electron chi connectivity index (χ4n) is 2.70. The quantitative estimate of drug-likeness (QED) is 0.900. The fourth-order valence-corrected chi connectivity index (χ4v) is 2.70. The number of anilines is 2. The van der Waals surface area contributed by atoms with Crippen molar-refractivity contribution in [2.45, 2.75) is 0 Å². The maximum atomic E-state index is 12.0. The Labute approximate surface area is 134 Å². The van der Waals surface area contributed by atoms with Crippen molar-refractivity contribution >= 4 is 17.4 Å². The number of ether oxygens (including phenoxy) is 1. The van der Waals surface area contributed by atoms with Crippen LogP contribution in [0.4, 0.5) is 11.5 Å². The van der Waals surface area contributed by atoms with E-state index in [0.717, 1.165) is 37.6 Å². The summed E-state index contributed by atoms with van der Waals surface area (Å²) in [6.45, 7) is 3.72. The highest BCUT2D eigenvalue weighted by molar-refractivity contribution is 5.91. The van der Waals surface area contributed by atoms with Crippen LogP contribution >= 0.6 is 0 Å². The minimum Gasteiger partial charge on any atom is -0.495 e. The second-order valence-corrected chi connectivity index (χ2v) is 5.37. The monoisotopic (exact) mass is 316 g/mol. The molecule has 1 aliphatic rings. The number of nitrogens with zero attached hydrogens (tertiary/aromatic N) is 3. The number of amides is 1. The molecule has 3 rings (SSSR count). The Morgan fingerprint density at radius 3 is 2.74 bits per heavy atom. The molecule has 0 spiro atoms. The molecule has 0 atom stereocenters. The van der Waals surface area contributed by atoms with Crippen molar-refractivity contribution in [3.8, 4) is 5.75 Å². The number of aromatic nitrogens is 1. The smallest absolute Gasteiger partial charge is 0.239 e. The predicted molar refractivity (Wildman–Crippen MR) is 86.8 cm³/mol. The molecule has 2 heterocycles. The second-order valence-electron chi connectivity index (χ2n) is 5.37. The van der Waals surface area contributed by atoms with E-state index in [-0.39, 0.29) is 5.91 Å². The van der Waals surface area contributed by atoms with E-state index < -0.39 is 0 Å². The summed E-state index contributed by atoms with van der Waals surface area (Å²) in [5.74, 6) is 1.25. The fraction of sp³-hybridized carbons (Fsp3) is 0.375. The van der Waals surface area contributed by atoms with E-state index in [2.05, 4.69) is 26.3 Å². The lowest BCUT2D eigenvalue weighted by atomic mass is 10.2. The number of hydrogen-bond donors (Lipinski definition) is 1. The second kappa shape index (κ2) is 7.15. The molecule has 0 aliphatic carbocycles. The first-order valence-corrected chi connectivity index (χ1v) is 7.57. The van der Waals surface area contributed by atoms with Gasteiger partial charge in [-0.2, -0.15) is 0 Å². The number of para-hydroxylation sites is 2. The highest BCUT2D eigenvalue weighted by Crippen LogP contribution is 2.28. The van der Waals surface area contributed by atoms with Crippen LogP contribution in [0.25, 0.3) is 0 Å². The van der Waals surface area contributed by atoms with Gasteiger partial charge in [-0.1, -0.05) is 17.3 Å². The number of piperazine rings is 1. The van der Waals surface area contributed by atoms with E-state index in [0.29, 0.717) is 12.4 Å². The van der Waals surface area contributed by atoms with E-state index >= 15 is 0 Å². The Bertz CT molecular complexity index is 637. The summed E-state index contributed by atoms with van der Waals surface area (Å²) in [6, 6.07) is 9.62. The first-order chi connectivity index (χ1) is 11.3. The average molecular weight is 316 g/mol. The first kappa shape index (κ1) is 15.4. The summed E-state index contributed by atoms with van der Waals surface area (Å²) in [4.78, 5) is 16.4. The molecule has 122 valence electrons. The number of carbonyl (C=O) groups is 1. The molecule has 1 amide bonds. The Morgan fingerprint density at radius 2 is 2.04 bits per heavy atom. The van der Waals surface area contributed by atoms with Gasteiger partial charge in [-0.3, -0.25) is 9.69 Å². The molecular formula is C16H20N4O3. The summed E-state index contributed by atoms with van der Waals surface area (Å²) in [5.41, 5.74) is 1.10. The molecule has 1 saturated heterocycles. The van der Waals surface area contributed by atoms with Crippen LogP contribution < -0.4 is 15.0 Å². The van der Waals surface area contributed by atoms with Crippen molar-refractivity contribution in [2.75, 3.05) is 50.1 Å². The summed E-state index contributed by atoms with van der Waals surface area (Å²) in [6.07, 6.45) is 1.43. The molecule has 1 N–H and O–H groups in total. The minimum atomic E-state index is -0.0790. The zero-order valence-corrected chi connectivity index (χ0v) is 13.1. The Kier molecular flexibility index (Phi) is 4.77. The highest BCUT2D eigenvalue weighted by atomic mass is 16.5. The molecule has 1 aromatic carbocycles. The number of nitrogens with one attached hydrogen (secondary N) is 1. The molecule has 0 saturated carbocycles. The average Bonchev–Trinajstić information content (AvgIpc) is 3.08. The van der Waals surface area contributed by atoms with Gasteiger partial charge in [0.15, 0.2) is 5.82 Å². The Balaban J connectivity index is 1.51. The van der Waals surface area contributed by atoms with Crippen LogP contribution in [-0.2, 0) is 4.79 Å². The molecule has 0 radical (unpaired) electrons. The third-order valence-electron chi connectivity index (χ3n) is 3.87. The van der Waals surface area contributed by atoms with Gasteiger partial charge in [0.05, 0.1) is 19.3 Å². The standard InChI is InChI=1S/C16H20N4O3/c1-22-14-5-3-2-4-13(14)20-9-7-19(8-10-20)12-16(21)17-15-6-11-23-18-15/h2-6,11H,7-10,12H2,1H3,(H,17,18,21). The third kappa shape index (κ3) is 3.81. The van der Waals surface area contributed by atoms with Crippen LogP contribution in [0.3, 0.4) is 0 Å². The van der Waals surface area contributed by atoms with Crippen molar-refractivity contribution in [1.29, 1.82) is 0 Å². The van der Waals surface area contributed by atoms with Crippen molar-refractivity contribution in [2.24, 2.45) is 0 Å². The van der Waals surface area contributed by atoms with E-state index in [4.69, 9.17) is 9.26 Å². The normalized spacial score (nSPS) is 15.4. The molecular weight excluding hydrogens is 296 g/mol. The van der Waals surface area contributed by atoms with Crippen LogP contribution in [-0.4, -0.2) is 55.8 Å². The van der Waals surface area contributed by atoms with E-state index in [9.17, 15) is 4.79 Å². The third-order valence-corrected chi connectivity index (χ3v) is 3.87. The molecule has 2 aromatic rings. The highest BCUT2D eigenvalue weighted by Gasteiger charge is 2.21. The van der Waals surface area contributed by atoms with Gasteiger partial charge in [-0.15, -0.1) is 0 Å². The van der Waals surface area contributed by atoms with Crippen LogP contribution in [0.2, 0.25) is 0 Å². The molecule has 7 nitrogen and oxygen atoms in total. The van der Waals surface area contributed by atoms with Crippen molar-refractivity contribution < 1.29 is 14.1 Å². The van der Waals surface area contributed by atoms with E-state index in [1.165, 1.54) is 6.26 Å². The first-order valence-electron chi connectivity index (χ1n) is 7.57. The maximum Gasteiger partial charge on any atom is 0.239 e. The number of benzene rings is 1. The van der Waals surface area contributed by atoms with Crippen molar-refractivity contribution in [3.63, 3.8) is 0 Å². The van der Waals surface area contributed by atoms with Gasteiger partial charge in [0.25, 0.3) is 0 Å². The van der Waals surface area contributed by atoms with Crippen LogP contribution in [0, 0.1) is 0 Å². The minimum absolute atomic E-state index is 0.0790. The number of hydrogen-bond acceptors (Lipinski definition) is 6. The predicted octanol–water partition coefficient (Wildman–Crippen LogP) is 1.44. The summed E-state index contributed by atoms with van der Waals surface area (Å²) in [5, 5.41) is 6.38. The number of rotatable bonds is 5. The lowest BCUT2D eigenvalue weighted by Crippen LogP contribution is -2.48. The van der Waals surface area contributed by atoms with Crippen molar-refractivity contribution in [3.05, 3.63) is 36.6 Å². The molecule has 1 fully saturated rings. The van der Waals surface area contributed by atoms with Gasteiger partial charge in [0.2, 0.25) is 5.91 Å². The maximum absolute atomic E-state index is 12.0. The van der Waals surface area contributed by atoms with Gasteiger partial charge >= 0.3 is 0 Å². The van der Waals surface area contributed by atoms with Crippen LogP contribution in [0.15, 0.2) is 41.1 Å². The molecule has 0 unspecified atom stereocenters. The molecule has 1 aliphatic heterocycles. The van der Waals surface area contributed by atoms with Gasteiger partial charge in [0.1, 0.15) is 12.0 Å². The summed E-state index contributed by atoms with van der Waals surface area (Å²) < 4.78 is 10.1. The van der Waals surface area contributed by atoms with Gasteiger partial charge in [-0.25, -0.2) is 0 Å². The molecule has 0 bridgehead atoms. The molecule has 1 aromatic heterocycles. The SMILES string of the molecule is COc1ccccc1N1CCN(CC(=O)Nc2ccon2)CC1. The van der Waals surface area contributed by atoms with Crippen molar-refractivity contribution in [1.82, 2.24) is 10.1 Å². The Hall–Kier alpha value is -2.54. The number of carbonyl (C=O) groups excluding carboxylic acids is 1. The van der Waals surface area contributed by atoms with Gasteiger partial charge in [0, 0.05) is 32.2 Å². The molecule has 7 heteroatoms. The van der Waals surface area contributed by atoms with E-state index in [1.807, 2.05) is 18.2 Å². The van der Waals surface area contributed by atoms with Gasteiger partial charge < -0.3 is 19.5 Å². The van der Waals surface area contributed by atoms with Gasteiger partial charge in [-0.05, 0) is 12.1 Å². The molecule has 23 heavy (non-hydrogen) atoms. The lowest BCUT2D eigenvalue weighted by molar-refractivity contribution is -0.117. The largest absolute Gasteiger partial charge is 0.495 e. The summed E-state index contributed by atoms with van der Waals surface area (Å²) >= 11 is 0. The Morgan fingerprint density at radius 1 is 1.26 bits per heavy atom. The van der Waals surface area contributed by atoms with Crippen LogP contribution in [0.1, 0.15) is 0 Å². The van der Waals surface area contributed by atoms with Crippen LogP contribution in [0.5, 0.6) is 5.75 Å². The topological polar surface area (TPSA) is 70.8 Å². The zero-order chi connectivity index (χ0) is 16.1.